The lowest BCUT2D eigenvalue weighted by Gasteiger charge is -2.22. The number of amides is 1. The molecule has 6 nitrogen and oxygen atoms in total. The van der Waals surface area contributed by atoms with E-state index in [9.17, 15) is 4.79 Å². The number of carbonyl (C=O) groups excluding carboxylic acids is 1. The third-order valence-corrected chi connectivity index (χ3v) is 4.90. The number of carbonyl (C=O) groups is 1. The van der Waals surface area contributed by atoms with Crippen LogP contribution < -0.4 is 5.32 Å². The largest absolute Gasteiger partial charge is 0.371 e. The van der Waals surface area contributed by atoms with E-state index in [0.717, 1.165) is 30.5 Å². The standard InChI is InChI=1S/C21H22N4O2/c26-21(17-8-4-9-18(12-17)25-14-22-23-15-25)24-19-10-5-11-20(19)27-13-16-6-2-1-3-7-16/h1-4,6-9,12,14-15,19-20H,5,10-11,13H2,(H,24,26). The lowest BCUT2D eigenvalue weighted by atomic mass is 10.1. The van der Waals surface area contributed by atoms with Crippen molar-refractivity contribution in [1.82, 2.24) is 20.1 Å². The number of hydrogen-bond donors (Lipinski definition) is 1. The molecule has 6 heteroatoms. The van der Waals surface area contributed by atoms with Crippen molar-refractivity contribution in [2.24, 2.45) is 0 Å². The Morgan fingerprint density at radius 2 is 1.89 bits per heavy atom. The van der Waals surface area contributed by atoms with Gasteiger partial charge < -0.3 is 10.1 Å². The summed E-state index contributed by atoms with van der Waals surface area (Å²) in [6, 6.07) is 17.6. The van der Waals surface area contributed by atoms with Gasteiger partial charge in [-0.25, -0.2) is 0 Å². The molecule has 1 amide bonds. The quantitative estimate of drug-likeness (QED) is 0.731. The molecule has 2 unspecified atom stereocenters. The minimum atomic E-state index is -0.0786. The Hall–Kier alpha value is -2.99. The van der Waals surface area contributed by atoms with Crippen molar-refractivity contribution in [3.05, 3.63) is 78.4 Å². The second kappa shape index (κ2) is 8.14. The zero-order valence-corrected chi connectivity index (χ0v) is 15.0. The highest BCUT2D eigenvalue weighted by Gasteiger charge is 2.29. The number of ether oxygens (including phenoxy) is 1. The van der Waals surface area contributed by atoms with Gasteiger partial charge in [0.25, 0.3) is 5.91 Å². The minimum Gasteiger partial charge on any atom is -0.371 e. The van der Waals surface area contributed by atoms with Gasteiger partial charge in [0.15, 0.2) is 0 Å². The summed E-state index contributed by atoms with van der Waals surface area (Å²) in [5.74, 6) is -0.0786. The SMILES string of the molecule is O=C(NC1CCCC1OCc1ccccc1)c1cccc(-n2cnnc2)c1. The third kappa shape index (κ3) is 4.23. The maximum Gasteiger partial charge on any atom is 0.251 e. The lowest BCUT2D eigenvalue weighted by Crippen LogP contribution is -2.41. The fraction of sp³-hybridized carbons (Fsp3) is 0.286. The molecule has 1 heterocycles. The van der Waals surface area contributed by atoms with Gasteiger partial charge in [-0.2, -0.15) is 0 Å². The van der Waals surface area contributed by atoms with Crippen LogP contribution in [-0.2, 0) is 11.3 Å². The second-order valence-electron chi connectivity index (χ2n) is 6.77. The molecule has 4 rings (SSSR count). The number of rotatable bonds is 6. The summed E-state index contributed by atoms with van der Waals surface area (Å²) >= 11 is 0. The Labute approximate surface area is 158 Å². The molecule has 2 aromatic carbocycles. The molecule has 1 aliphatic rings. The molecule has 1 aliphatic carbocycles. The van der Waals surface area contributed by atoms with E-state index in [1.807, 2.05) is 42.5 Å². The first-order chi connectivity index (χ1) is 13.3. The average molecular weight is 362 g/mol. The third-order valence-electron chi connectivity index (χ3n) is 4.90. The summed E-state index contributed by atoms with van der Waals surface area (Å²) in [6.45, 7) is 0.570. The van der Waals surface area contributed by atoms with E-state index in [1.54, 1.807) is 17.2 Å². The molecule has 0 bridgehead atoms. The number of hydrogen-bond acceptors (Lipinski definition) is 4. The molecule has 3 aromatic rings. The highest BCUT2D eigenvalue weighted by atomic mass is 16.5. The monoisotopic (exact) mass is 362 g/mol. The molecular weight excluding hydrogens is 340 g/mol. The molecular formula is C21H22N4O2. The van der Waals surface area contributed by atoms with E-state index in [2.05, 4.69) is 27.6 Å². The zero-order valence-electron chi connectivity index (χ0n) is 15.0. The Kier molecular flexibility index (Phi) is 5.25. The fourth-order valence-corrected chi connectivity index (χ4v) is 3.46. The predicted octanol–water partition coefficient (Wildman–Crippen LogP) is 3.14. The van der Waals surface area contributed by atoms with Crippen LogP contribution in [0, 0.1) is 0 Å². The van der Waals surface area contributed by atoms with E-state index in [0.29, 0.717) is 12.2 Å². The zero-order chi connectivity index (χ0) is 18.5. The van der Waals surface area contributed by atoms with Crippen LogP contribution in [0.1, 0.15) is 35.2 Å². The van der Waals surface area contributed by atoms with Crippen molar-refractivity contribution in [3.8, 4) is 5.69 Å². The first-order valence-corrected chi connectivity index (χ1v) is 9.21. The van der Waals surface area contributed by atoms with Crippen LogP contribution in [0.25, 0.3) is 5.69 Å². The van der Waals surface area contributed by atoms with Crippen molar-refractivity contribution < 1.29 is 9.53 Å². The Balaban J connectivity index is 1.39. The number of nitrogens with one attached hydrogen (secondary N) is 1. The second-order valence-corrected chi connectivity index (χ2v) is 6.77. The lowest BCUT2D eigenvalue weighted by molar-refractivity contribution is 0.0272. The average Bonchev–Trinajstić information content (AvgIpc) is 3.39. The maximum absolute atomic E-state index is 12.7. The van der Waals surface area contributed by atoms with Crippen LogP contribution in [0.2, 0.25) is 0 Å². The van der Waals surface area contributed by atoms with Crippen LogP contribution in [0.5, 0.6) is 0 Å². The van der Waals surface area contributed by atoms with E-state index < -0.39 is 0 Å². The van der Waals surface area contributed by atoms with Gasteiger partial charge in [0.2, 0.25) is 0 Å². The van der Waals surface area contributed by atoms with Gasteiger partial charge in [-0.3, -0.25) is 9.36 Å². The molecule has 0 aliphatic heterocycles. The topological polar surface area (TPSA) is 69.0 Å². The van der Waals surface area contributed by atoms with E-state index >= 15 is 0 Å². The molecule has 0 radical (unpaired) electrons. The van der Waals surface area contributed by atoms with Gasteiger partial charge >= 0.3 is 0 Å². The number of nitrogens with zero attached hydrogens (tertiary/aromatic N) is 3. The van der Waals surface area contributed by atoms with E-state index in [4.69, 9.17) is 4.74 Å². The highest BCUT2D eigenvalue weighted by molar-refractivity contribution is 5.95. The summed E-state index contributed by atoms with van der Waals surface area (Å²) in [5.41, 5.74) is 2.63. The minimum absolute atomic E-state index is 0.0415. The molecule has 1 saturated carbocycles. The predicted molar refractivity (Wildman–Crippen MR) is 101 cm³/mol. The Morgan fingerprint density at radius 3 is 2.70 bits per heavy atom. The van der Waals surface area contributed by atoms with Crippen molar-refractivity contribution in [3.63, 3.8) is 0 Å². The first kappa shape index (κ1) is 17.4. The summed E-state index contributed by atoms with van der Waals surface area (Å²) < 4.78 is 7.86. The fourth-order valence-electron chi connectivity index (χ4n) is 3.46. The Morgan fingerprint density at radius 1 is 1.07 bits per heavy atom. The highest BCUT2D eigenvalue weighted by Crippen LogP contribution is 2.24. The first-order valence-electron chi connectivity index (χ1n) is 9.21. The van der Waals surface area contributed by atoms with Gasteiger partial charge in [0.05, 0.1) is 18.8 Å². The summed E-state index contributed by atoms with van der Waals surface area (Å²) in [4.78, 5) is 12.7. The number of benzene rings is 2. The molecule has 1 fully saturated rings. The summed E-state index contributed by atoms with van der Waals surface area (Å²) in [7, 11) is 0. The van der Waals surface area contributed by atoms with Crippen molar-refractivity contribution >= 4 is 5.91 Å². The molecule has 1 aromatic heterocycles. The summed E-state index contributed by atoms with van der Waals surface area (Å²) in [5, 5.41) is 10.8. The van der Waals surface area contributed by atoms with Crippen LogP contribution in [-0.4, -0.2) is 32.8 Å². The van der Waals surface area contributed by atoms with Crippen molar-refractivity contribution in [2.75, 3.05) is 0 Å². The van der Waals surface area contributed by atoms with Crippen LogP contribution >= 0.6 is 0 Å². The van der Waals surface area contributed by atoms with Crippen LogP contribution in [0.4, 0.5) is 0 Å². The van der Waals surface area contributed by atoms with Crippen LogP contribution in [0.3, 0.4) is 0 Å². The van der Waals surface area contributed by atoms with Gasteiger partial charge in [0, 0.05) is 11.3 Å². The molecule has 138 valence electrons. The van der Waals surface area contributed by atoms with E-state index in [1.165, 1.54) is 0 Å². The molecule has 27 heavy (non-hydrogen) atoms. The van der Waals surface area contributed by atoms with Gasteiger partial charge in [-0.15, -0.1) is 10.2 Å². The molecule has 1 N–H and O–H groups in total. The summed E-state index contributed by atoms with van der Waals surface area (Å²) in [6.07, 6.45) is 6.25. The van der Waals surface area contributed by atoms with Crippen molar-refractivity contribution in [2.45, 2.75) is 38.0 Å². The molecule has 2 atom stereocenters. The Bertz CT molecular complexity index is 880. The molecule has 0 saturated heterocycles. The number of aromatic nitrogens is 3. The van der Waals surface area contributed by atoms with Gasteiger partial charge in [-0.1, -0.05) is 36.4 Å². The maximum atomic E-state index is 12.7. The normalized spacial score (nSPS) is 19.1. The molecule has 0 spiro atoms. The smallest absolute Gasteiger partial charge is 0.251 e. The van der Waals surface area contributed by atoms with Crippen molar-refractivity contribution in [1.29, 1.82) is 0 Å². The van der Waals surface area contributed by atoms with Crippen LogP contribution in [0.15, 0.2) is 67.3 Å². The van der Waals surface area contributed by atoms with E-state index in [-0.39, 0.29) is 18.1 Å². The van der Waals surface area contributed by atoms with Gasteiger partial charge in [-0.05, 0) is 43.0 Å². The van der Waals surface area contributed by atoms with Gasteiger partial charge in [0.1, 0.15) is 12.7 Å².